The van der Waals surface area contributed by atoms with Gasteiger partial charge in [-0.3, -0.25) is 9.59 Å². The molecular weight excluding hydrogens is 454 g/mol. The van der Waals surface area contributed by atoms with E-state index in [-0.39, 0.29) is 11.5 Å². The van der Waals surface area contributed by atoms with Crippen LogP contribution >= 0.6 is 22.7 Å². The summed E-state index contributed by atoms with van der Waals surface area (Å²) in [4.78, 5) is 35.0. The number of rotatable bonds is 6. The smallest absolute Gasteiger partial charge is 0.277 e. The van der Waals surface area contributed by atoms with Crippen molar-refractivity contribution in [1.29, 1.82) is 0 Å². The molecule has 4 rings (SSSR count). The molecule has 0 fully saturated rings. The number of amides is 1. The van der Waals surface area contributed by atoms with E-state index in [1.165, 1.54) is 16.0 Å². The fraction of sp³-hybridized carbons (Fsp3) is 0.292. The molecule has 0 aliphatic rings. The molecule has 1 amide bonds. The summed E-state index contributed by atoms with van der Waals surface area (Å²) in [6.45, 7) is 8.02. The van der Waals surface area contributed by atoms with E-state index in [1.807, 2.05) is 20.8 Å². The average molecular weight is 480 g/mol. The number of aryl methyl sites for hydroxylation is 4. The number of thiazole rings is 2. The summed E-state index contributed by atoms with van der Waals surface area (Å²) in [5.41, 5.74) is 5.68. The van der Waals surface area contributed by atoms with Gasteiger partial charge < -0.3 is 5.32 Å². The number of benzene rings is 1. The average Bonchev–Trinajstić information content (AvgIpc) is 3.39. The van der Waals surface area contributed by atoms with E-state index in [9.17, 15) is 9.59 Å². The molecule has 0 aliphatic carbocycles. The van der Waals surface area contributed by atoms with E-state index in [0.29, 0.717) is 27.7 Å². The molecule has 33 heavy (non-hydrogen) atoms. The van der Waals surface area contributed by atoms with Gasteiger partial charge in [-0.15, -0.1) is 22.7 Å². The van der Waals surface area contributed by atoms with Crippen molar-refractivity contribution in [2.75, 3.05) is 6.54 Å². The zero-order valence-electron chi connectivity index (χ0n) is 19.2. The third-order valence-electron chi connectivity index (χ3n) is 5.51. The van der Waals surface area contributed by atoms with Crippen molar-refractivity contribution in [3.63, 3.8) is 0 Å². The lowest BCUT2D eigenvalue weighted by molar-refractivity contribution is 0.0957. The number of hydrogen-bond acceptors (Lipinski definition) is 7. The Morgan fingerprint density at radius 3 is 2.45 bits per heavy atom. The maximum absolute atomic E-state index is 12.8. The van der Waals surface area contributed by atoms with Crippen molar-refractivity contribution in [1.82, 2.24) is 25.1 Å². The van der Waals surface area contributed by atoms with Gasteiger partial charge >= 0.3 is 0 Å². The Labute approximate surface area is 200 Å². The van der Waals surface area contributed by atoms with Gasteiger partial charge in [0.2, 0.25) is 0 Å². The van der Waals surface area contributed by atoms with Crippen molar-refractivity contribution >= 4 is 28.6 Å². The van der Waals surface area contributed by atoms with Crippen LogP contribution in [0.25, 0.3) is 21.8 Å². The van der Waals surface area contributed by atoms with E-state index in [2.05, 4.69) is 50.0 Å². The highest BCUT2D eigenvalue weighted by Gasteiger charge is 2.20. The third-order valence-corrected chi connectivity index (χ3v) is 7.46. The van der Waals surface area contributed by atoms with Crippen LogP contribution in [0.2, 0.25) is 0 Å². The van der Waals surface area contributed by atoms with Crippen LogP contribution in [0.15, 0.2) is 34.4 Å². The second-order valence-corrected chi connectivity index (χ2v) is 9.96. The zero-order valence-corrected chi connectivity index (χ0v) is 20.9. The Bertz CT molecular complexity index is 1380. The zero-order chi connectivity index (χ0) is 23.7. The predicted octanol–water partition coefficient (Wildman–Crippen LogP) is 4.23. The molecule has 1 aromatic carbocycles. The summed E-state index contributed by atoms with van der Waals surface area (Å²) in [5.74, 6) is -0.175. The Balaban J connectivity index is 1.43. The minimum atomic E-state index is -0.213. The second-order valence-electron chi connectivity index (χ2n) is 7.90. The van der Waals surface area contributed by atoms with Gasteiger partial charge in [-0.2, -0.15) is 5.10 Å². The van der Waals surface area contributed by atoms with E-state index in [1.54, 1.807) is 25.3 Å². The first-order valence-corrected chi connectivity index (χ1v) is 12.3. The molecule has 0 bridgehead atoms. The molecule has 0 unspecified atom stereocenters. The van der Waals surface area contributed by atoms with Crippen LogP contribution in [0.3, 0.4) is 0 Å². The molecule has 0 aliphatic heterocycles. The van der Waals surface area contributed by atoms with Gasteiger partial charge in [0.1, 0.15) is 9.88 Å². The molecular formula is C24H25N5O2S2. The summed E-state index contributed by atoms with van der Waals surface area (Å²) < 4.78 is 1.31. The van der Waals surface area contributed by atoms with Crippen molar-refractivity contribution in [2.45, 2.75) is 34.1 Å². The molecule has 3 aromatic heterocycles. The summed E-state index contributed by atoms with van der Waals surface area (Å²) in [5, 5.41) is 10.9. The quantitative estimate of drug-likeness (QED) is 0.447. The first kappa shape index (κ1) is 23.0. The monoisotopic (exact) mass is 479 g/mol. The topological polar surface area (TPSA) is 89.8 Å². The molecule has 0 saturated carbocycles. The SMILES string of the molecule is Cc1nc(-c2ccc(CCNC(=O)c3sc(-c4c(C)c(C)nn(C)c4=O)nc3C)cc2)cs1. The maximum Gasteiger partial charge on any atom is 0.277 e. The van der Waals surface area contributed by atoms with Crippen molar-refractivity contribution in [3.05, 3.63) is 72.4 Å². The van der Waals surface area contributed by atoms with Crippen LogP contribution in [0.5, 0.6) is 0 Å². The number of carbonyl (C=O) groups is 1. The normalized spacial score (nSPS) is 11.1. The fourth-order valence-corrected chi connectivity index (χ4v) is 5.25. The minimum Gasteiger partial charge on any atom is -0.351 e. The fourth-order valence-electron chi connectivity index (χ4n) is 3.55. The van der Waals surface area contributed by atoms with Gasteiger partial charge in [0.05, 0.1) is 27.7 Å². The summed E-state index contributed by atoms with van der Waals surface area (Å²) >= 11 is 2.88. The van der Waals surface area contributed by atoms with Gasteiger partial charge in [-0.05, 0) is 45.2 Å². The highest BCUT2D eigenvalue weighted by molar-refractivity contribution is 7.17. The summed E-state index contributed by atoms with van der Waals surface area (Å²) in [6.07, 6.45) is 0.718. The van der Waals surface area contributed by atoms with E-state index in [4.69, 9.17) is 0 Å². The number of nitrogens with one attached hydrogen (secondary N) is 1. The van der Waals surface area contributed by atoms with Crippen LogP contribution in [0.4, 0.5) is 0 Å². The number of hydrogen-bond donors (Lipinski definition) is 1. The van der Waals surface area contributed by atoms with Gasteiger partial charge in [-0.25, -0.2) is 14.6 Å². The lowest BCUT2D eigenvalue weighted by Gasteiger charge is -2.07. The molecule has 3 heterocycles. The molecule has 7 nitrogen and oxygen atoms in total. The van der Waals surface area contributed by atoms with E-state index >= 15 is 0 Å². The van der Waals surface area contributed by atoms with Crippen LogP contribution < -0.4 is 10.9 Å². The van der Waals surface area contributed by atoms with Crippen molar-refractivity contribution < 1.29 is 4.79 Å². The van der Waals surface area contributed by atoms with Gasteiger partial charge in [0.25, 0.3) is 11.5 Å². The third kappa shape index (κ3) is 4.79. The highest BCUT2D eigenvalue weighted by Crippen LogP contribution is 2.28. The number of aromatic nitrogens is 4. The molecule has 0 saturated heterocycles. The Hall–Kier alpha value is -3.17. The molecule has 0 spiro atoms. The Kier molecular flexibility index (Phi) is 6.53. The number of nitrogens with zero attached hydrogens (tertiary/aromatic N) is 4. The predicted molar refractivity (Wildman–Crippen MR) is 133 cm³/mol. The lowest BCUT2D eigenvalue weighted by atomic mass is 10.1. The summed E-state index contributed by atoms with van der Waals surface area (Å²) in [6, 6.07) is 8.25. The van der Waals surface area contributed by atoms with Crippen molar-refractivity contribution in [3.8, 4) is 21.8 Å². The first-order chi connectivity index (χ1) is 15.7. The molecule has 4 aromatic rings. The molecule has 0 radical (unpaired) electrons. The van der Waals surface area contributed by atoms with E-state index < -0.39 is 0 Å². The molecule has 9 heteroatoms. The second kappa shape index (κ2) is 9.36. The number of carbonyl (C=O) groups excluding carboxylic acids is 1. The molecule has 0 atom stereocenters. The van der Waals surface area contributed by atoms with Crippen molar-refractivity contribution in [2.24, 2.45) is 7.05 Å². The Morgan fingerprint density at radius 2 is 1.79 bits per heavy atom. The molecule has 170 valence electrons. The van der Waals surface area contributed by atoms with Crippen LogP contribution in [-0.2, 0) is 13.5 Å². The standard InChI is InChI=1S/C24H25N5O2S2/c1-13-14(2)28-29(5)24(31)20(13)23-26-15(3)21(33-23)22(30)25-11-10-17-6-8-18(9-7-17)19-12-32-16(4)27-19/h6-9,12H,10-11H2,1-5H3,(H,25,30). The van der Waals surface area contributed by atoms with Gasteiger partial charge in [0, 0.05) is 24.5 Å². The first-order valence-electron chi connectivity index (χ1n) is 10.6. The minimum absolute atomic E-state index is 0.175. The molecule has 1 N–H and O–H groups in total. The lowest BCUT2D eigenvalue weighted by Crippen LogP contribution is -2.25. The summed E-state index contributed by atoms with van der Waals surface area (Å²) in [7, 11) is 1.62. The van der Waals surface area contributed by atoms with Crippen LogP contribution in [0.1, 0.15) is 37.2 Å². The Morgan fingerprint density at radius 1 is 1.06 bits per heavy atom. The highest BCUT2D eigenvalue weighted by atomic mass is 32.1. The maximum atomic E-state index is 12.8. The van der Waals surface area contributed by atoms with Gasteiger partial charge in [-0.1, -0.05) is 24.3 Å². The van der Waals surface area contributed by atoms with E-state index in [0.717, 1.165) is 39.5 Å². The largest absolute Gasteiger partial charge is 0.351 e. The van der Waals surface area contributed by atoms with Crippen LogP contribution in [-0.4, -0.2) is 32.2 Å². The van der Waals surface area contributed by atoms with Gasteiger partial charge in [0.15, 0.2) is 0 Å². The van der Waals surface area contributed by atoms with Crippen LogP contribution in [0, 0.1) is 27.7 Å².